The Balaban J connectivity index is 1.69. The molecule has 2 aromatic rings. The number of aryl methyl sites for hydroxylation is 1. The molecule has 0 unspecified atom stereocenters. The second kappa shape index (κ2) is 11.0. The second-order valence-corrected chi connectivity index (χ2v) is 8.15. The molecular weight excluding hydrogens is 420 g/mol. The summed E-state index contributed by atoms with van der Waals surface area (Å²) in [4.78, 5) is 35.8. The summed E-state index contributed by atoms with van der Waals surface area (Å²) in [5.41, 5.74) is 0.580. The third kappa shape index (κ3) is 6.49. The SMILES string of the molecule is Cc1nc(CNC(=O)[C@H](CC2CCCC2)CN(O)C=O)c(F)c(Cc2ccc(F)cn2)n1. The van der Waals surface area contributed by atoms with Gasteiger partial charge >= 0.3 is 0 Å². The van der Waals surface area contributed by atoms with Crippen molar-refractivity contribution in [2.24, 2.45) is 11.8 Å². The second-order valence-electron chi connectivity index (χ2n) is 8.15. The van der Waals surface area contributed by atoms with Crippen molar-refractivity contribution in [3.63, 3.8) is 0 Å². The fourth-order valence-corrected chi connectivity index (χ4v) is 4.09. The van der Waals surface area contributed by atoms with Crippen LogP contribution in [0.2, 0.25) is 0 Å². The molecule has 2 N–H and O–H groups in total. The van der Waals surface area contributed by atoms with Gasteiger partial charge in [0.05, 0.1) is 36.6 Å². The van der Waals surface area contributed by atoms with Crippen LogP contribution < -0.4 is 5.32 Å². The summed E-state index contributed by atoms with van der Waals surface area (Å²) in [5, 5.41) is 12.7. The Bertz CT molecular complexity index is 936. The summed E-state index contributed by atoms with van der Waals surface area (Å²) in [6.45, 7) is 1.33. The molecule has 1 saturated carbocycles. The third-order valence-corrected chi connectivity index (χ3v) is 5.66. The van der Waals surface area contributed by atoms with Crippen molar-refractivity contribution in [3.8, 4) is 0 Å². The molecule has 0 radical (unpaired) electrons. The smallest absolute Gasteiger partial charge is 0.233 e. The Kier molecular flexibility index (Phi) is 8.15. The molecule has 1 aliphatic carbocycles. The highest BCUT2D eigenvalue weighted by atomic mass is 19.1. The fourth-order valence-electron chi connectivity index (χ4n) is 4.09. The predicted molar refractivity (Wildman–Crippen MR) is 110 cm³/mol. The highest BCUT2D eigenvalue weighted by molar-refractivity contribution is 5.79. The van der Waals surface area contributed by atoms with E-state index in [0.717, 1.165) is 31.9 Å². The normalized spacial score (nSPS) is 14.9. The van der Waals surface area contributed by atoms with Crippen molar-refractivity contribution in [2.75, 3.05) is 6.54 Å². The lowest BCUT2D eigenvalue weighted by Crippen LogP contribution is -2.38. The maximum Gasteiger partial charge on any atom is 0.233 e. The summed E-state index contributed by atoms with van der Waals surface area (Å²) >= 11 is 0. The monoisotopic (exact) mass is 447 g/mol. The fraction of sp³-hybridized carbons (Fsp3) is 0.500. The molecule has 32 heavy (non-hydrogen) atoms. The van der Waals surface area contributed by atoms with Gasteiger partial charge in [-0.25, -0.2) is 23.8 Å². The molecule has 2 heterocycles. The van der Waals surface area contributed by atoms with Crippen LogP contribution in [0.25, 0.3) is 0 Å². The Morgan fingerprint density at radius 2 is 2.00 bits per heavy atom. The lowest BCUT2D eigenvalue weighted by atomic mass is 9.92. The Morgan fingerprint density at radius 3 is 2.66 bits per heavy atom. The van der Waals surface area contributed by atoms with E-state index in [4.69, 9.17) is 0 Å². The standard InChI is InChI=1S/C22H27F2N5O3/c1-14-27-19(9-18-7-6-17(23)10-25-18)21(24)20(28-14)11-26-22(31)16(12-29(32)13-30)8-15-4-2-3-5-15/h6-7,10,13,15-16,32H,2-5,8-9,11-12H2,1H3,(H,26,31)/t16-/m1/s1. The van der Waals surface area contributed by atoms with Crippen LogP contribution in [0.5, 0.6) is 0 Å². The van der Waals surface area contributed by atoms with Crippen LogP contribution >= 0.6 is 0 Å². The average molecular weight is 447 g/mol. The summed E-state index contributed by atoms with van der Waals surface area (Å²) < 4.78 is 28.1. The highest BCUT2D eigenvalue weighted by Crippen LogP contribution is 2.30. The van der Waals surface area contributed by atoms with E-state index in [9.17, 15) is 23.6 Å². The van der Waals surface area contributed by atoms with Crippen LogP contribution in [0.3, 0.4) is 0 Å². The molecule has 0 bridgehead atoms. The van der Waals surface area contributed by atoms with E-state index in [2.05, 4.69) is 20.3 Å². The number of halogens is 2. The van der Waals surface area contributed by atoms with Crippen molar-refractivity contribution in [3.05, 3.63) is 52.9 Å². The number of hydrogen-bond acceptors (Lipinski definition) is 6. The minimum atomic E-state index is -0.661. The zero-order chi connectivity index (χ0) is 23.1. The van der Waals surface area contributed by atoms with Gasteiger partial charge in [0.25, 0.3) is 0 Å². The van der Waals surface area contributed by atoms with E-state index in [0.29, 0.717) is 28.9 Å². The zero-order valence-corrected chi connectivity index (χ0v) is 17.9. The topological polar surface area (TPSA) is 108 Å². The molecule has 2 amide bonds. The van der Waals surface area contributed by atoms with Crippen molar-refractivity contribution in [2.45, 2.75) is 52.0 Å². The van der Waals surface area contributed by atoms with Gasteiger partial charge in [0.15, 0.2) is 5.82 Å². The molecule has 0 aromatic carbocycles. The Morgan fingerprint density at radius 1 is 1.28 bits per heavy atom. The van der Waals surface area contributed by atoms with Gasteiger partial charge in [0, 0.05) is 12.1 Å². The summed E-state index contributed by atoms with van der Waals surface area (Å²) in [5.74, 6) is -1.44. The first-order chi connectivity index (χ1) is 15.4. The molecule has 1 atom stereocenters. The number of hydroxylamine groups is 2. The molecule has 8 nitrogen and oxygen atoms in total. The van der Waals surface area contributed by atoms with Crippen molar-refractivity contribution >= 4 is 12.3 Å². The first kappa shape index (κ1) is 23.6. The highest BCUT2D eigenvalue weighted by Gasteiger charge is 2.27. The number of hydrogen-bond donors (Lipinski definition) is 2. The third-order valence-electron chi connectivity index (χ3n) is 5.66. The van der Waals surface area contributed by atoms with E-state index >= 15 is 0 Å². The summed E-state index contributed by atoms with van der Waals surface area (Å²) in [6, 6.07) is 2.69. The van der Waals surface area contributed by atoms with E-state index in [1.807, 2.05) is 0 Å². The Labute approximate surface area is 185 Å². The van der Waals surface area contributed by atoms with Gasteiger partial charge in [0.2, 0.25) is 12.3 Å². The lowest BCUT2D eigenvalue weighted by Gasteiger charge is -2.22. The van der Waals surface area contributed by atoms with Crippen molar-refractivity contribution < 1.29 is 23.6 Å². The molecular formula is C22H27F2N5O3. The van der Waals surface area contributed by atoms with E-state index in [1.54, 1.807) is 6.92 Å². The van der Waals surface area contributed by atoms with Crippen molar-refractivity contribution in [1.82, 2.24) is 25.3 Å². The number of pyridine rings is 1. The molecule has 1 aliphatic rings. The largest absolute Gasteiger partial charge is 0.350 e. The number of carbonyl (C=O) groups is 2. The van der Waals surface area contributed by atoms with Gasteiger partial charge in [-0.3, -0.25) is 19.8 Å². The van der Waals surface area contributed by atoms with Gasteiger partial charge in [0.1, 0.15) is 11.6 Å². The summed E-state index contributed by atoms with van der Waals surface area (Å²) in [6.07, 6.45) is 6.14. The number of nitrogens with one attached hydrogen (secondary N) is 1. The number of nitrogens with zero attached hydrogens (tertiary/aromatic N) is 4. The minimum absolute atomic E-state index is 0.0267. The Hall–Kier alpha value is -3.01. The molecule has 1 fully saturated rings. The van der Waals surface area contributed by atoms with E-state index in [1.165, 1.54) is 12.1 Å². The van der Waals surface area contributed by atoms with Gasteiger partial charge in [-0.15, -0.1) is 0 Å². The van der Waals surface area contributed by atoms with Crippen LogP contribution in [0.15, 0.2) is 18.3 Å². The number of carbonyl (C=O) groups excluding carboxylic acids is 2. The molecule has 10 heteroatoms. The van der Waals surface area contributed by atoms with Gasteiger partial charge in [-0.2, -0.15) is 0 Å². The first-order valence-corrected chi connectivity index (χ1v) is 10.7. The number of amides is 2. The molecule has 172 valence electrons. The van der Waals surface area contributed by atoms with Crippen LogP contribution in [-0.2, 0) is 22.6 Å². The quantitative estimate of drug-likeness (QED) is 0.329. The maximum absolute atomic E-state index is 15.0. The lowest BCUT2D eigenvalue weighted by molar-refractivity contribution is -0.155. The summed E-state index contributed by atoms with van der Waals surface area (Å²) in [7, 11) is 0. The molecule has 0 aliphatic heterocycles. The van der Waals surface area contributed by atoms with Crippen LogP contribution in [-0.4, -0.2) is 44.1 Å². The van der Waals surface area contributed by atoms with Crippen LogP contribution in [0.1, 0.15) is 55.0 Å². The van der Waals surface area contributed by atoms with Gasteiger partial charge < -0.3 is 5.32 Å². The van der Waals surface area contributed by atoms with Gasteiger partial charge in [-0.05, 0) is 31.4 Å². The minimum Gasteiger partial charge on any atom is -0.350 e. The maximum atomic E-state index is 15.0. The number of aromatic nitrogens is 3. The molecule has 0 spiro atoms. The van der Waals surface area contributed by atoms with Crippen LogP contribution in [0, 0.1) is 30.4 Å². The molecule has 2 aromatic heterocycles. The average Bonchev–Trinajstić information content (AvgIpc) is 3.29. The van der Waals surface area contributed by atoms with Gasteiger partial charge in [-0.1, -0.05) is 25.7 Å². The van der Waals surface area contributed by atoms with E-state index < -0.39 is 17.6 Å². The van der Waals surface area contributed by atoms with Crippen LogP contribution in [0.4, 0.5) is 8.78 Å². The zero-order valence-electron chi connectivity index (χ0n) is 17.9. The molecule has 3 rings (SSSR count). The first-order valence-electron chi connectivity index (χ1n) is 10.7. The number of rotatable bonds is 10. The van der Waals surface area contributed by atoms with Crippen molar-refractivity contribution in [1.29, 1.82) is 0 Å². The van der Waals surface area contributed by atoms with E-state index in [-0.39, 0.29) is 43.2 Å². The molecule has 0 saturated heterocycles. The predicted octanol–water partition coefficient (Wildman–Crippen LogP) is 2.71.